The van der Waals surface area contributed by atoms with Crippen LogP contribution < -0.4 is 15.4 Å². The third kappa shape index (κ3) is 5.66. The number of nitrogens with one attached hydrogen (secondary N) is 2. The van der Waals surface area contributed by atoms with Gasteiger partial charge in [-0.25, -0.2) is 0 Å². The van der Waals surface area contributed by atoms with Crippen molar-refractivity contribution in [3.05, 3.63) is 59.1 Å². The van der Waals surface area contributed by atoms with Gasteiger partial charge in [-0.05, 0) is 30.3 Å². The molecular weight excluding hydrogens is 373 g/mol. The van der Waals surface area contributed by atoms with E-state index in [9.17, 15) is 22.8 Å². The van der Waals surface area contributed by atoms with Crippen LogP contribution in [0.5, 0.6) is 5.75 Å². The van der Waals surface area contributed by atoms with E-state index in [0.717, 1.165) is 18.2 Å². The van der Waals surface area contributed by atoms with Crippen molar-refractivity contribution in [3.8, 4) is 5.75 Å². The average molecular weight is 387 g/mol. The summed E-state index contributed by atoms with van der Waals surface area (Å²) in [6.45, 7) is 0.0758. The topological polar surface area (TPSA) is 67.4 Å². The van der Waals surface area contributed by atoms with Crippen LogP contribution in [0, 0.1) is 0 Å². The molecule has 0 aliphatic carbocycles. The maximum absolute atomic E-state index is 12.6. The number of carbonyl (C=O) groups excluding carboxylic acids is 2. The highest BCUT2D eigenvalue weighted by molar-refractivity contribution is 6.39. The number of para-hydroxylation sites is 1. The summed E-state index contributed by atoms with van der Waals surface area (Å²) in [6.07, 6.45) is -4.54. The molecule has 0 saturated heterocycles. The second-order valence-electron chi connectivity index (χ2n) is 5.07. The van der Waals surface area contributed by atoms with E-state index in [1.807, 2.05) is 0 Å². The number of halogens is 4. The van der Waals surface area contributed by atoms with Crippen LogP contribution in [0.4, 0.5) is 18.9 Å². The van der Waals surface area contributed by atoms with E-state index in [1.165, 1.54) is 6.07 Å². The van der Waals surface area contributed by atoms with Gasteiger partial charge in [-0.15, -0.1) is 0 Å². The molecule has 5 nitrogen and oxygen atoms in total. The number of anilines is 1. The van der Waals surface area contributed by atoms with Gasteiger partial charge in [0.15, 0.2) is 0 Å². The van der Waals surface area contributed by atoms with Gasteiger partial charge < -0.3 is 15.4 Å². The van der Waals surface area contributed by atoms with Crippen LogP contribution in [0.15, 0.2) is 48.5 Å². The zero-order chi connectivity index (χ0) is 19.2. The highest BCUT2D eigenvalue weighted by Gasteiger charge is 2.30. The Morgan fingerprint density at radius 2 is 1.77 bits per heavy atom. The Kier molecular flexibility index (Phi) is 6.46. The summed E-state index contributed by atoms with van der Waals surface area (Å²) in [6, 6.07) is 10.7. The standard InChI is InChI=1S/C17H14ClF3N2O3/c18-13-6-1-2-7-14(13)26-9-8-22-15(24)16(25)23-12-5-3-4-11(10-12)17(19,20)21/h1-7,10H,8-9H2,(H,22,24)(H,23,25). The first-order valence-corrected chi connectivity index (χ1v) is 7.79. The quantitative estimate of drug-likeness (QED) is 0.610. The van der Waals surface area contributed by atoms with Gasteiger partial charge in [0.25, 0.3) is 0 Å². The van der Waals surface area contributed by atoms with Gasteiger partial charge in [-0.1, -0.05) is 29.8 Å². The van der Waals surface area contributed by atoms with E-state index >= 15 is 0 Å². The molecule has 138 valence electrons. The van der Waals surface area contributed by atoms with Crippen LogP contribution in [-0.2, 0) is 15.8 Å². The SMILES string of the molecule is O=C(NCCOc1ccccc1Cl)C(=O)Nc1cccc(C(F)(F)F)c1. The highest BCUT2D eigenvalue weighted by atomic mass is 35.5. The van der Waals surface area contributed by atoms with Gasteiger partial charge in [-0.3, -0.25) is 9.59 Å². The molecule has 0 spiro atoms. The smallest absolute Gasteiger partial charge is 0.416 e. The molecule has 26 heavy (non-hydrogen) atoms. The average Bonchev–Trinajstić information content (AvgIpc) is 2.59. The summed E-state index contributed by atoms with van der Waals surface area (Å²) in [7, 11) is 0. The van der Waals surface area contributed by atoms with Crippen LogP contribution in [0.1, 0.15) is 5.56 Å². The van der Waals surface area contributed by atoms with Crippen molar-refractivity contribution in [1.82, 2.24) is 5.32 Å². The van der Waals surface area contributed by atoms with E-state index in [-0.39, 0.29) is 18.8 Å². The number of rotatable bonds is 5. The summed E-state index contributed by atoms with van der Waals surface area (Å²) in [4.78, 5) is 23.4. The Morgan fingerprint density at radius 3 is 2.46 bits per heavy atom. The van der Waals surface area contributed by atoms with Crippen molar-refractivity contribution >= 4 is 29.1 Å². The van der Waals surface area contributed by atoms with Gasteiger partial charge >= 0.3 is 18.0 Å². The number of ether oxygens (including phenoxy) is 1. The third-order valence-corrected chi connectivity index (χ3v) is 3.45. The van der Waals surface area contributed by atoms with E-state index in [0.29, 0.717) is 10.8 Å². The van der Waals surface area contributed by atoms with Crippen molar-refractivity contribution in [2.75, 3.05) is 18.5 Å². The van der Waals surface area contributed by atoms with Crippen molar-refractivity contribution in [2.45, 2.75) is 6.18 Å². The first-order chi connectivity index (χ1) is 12.3. The van der Waals surface area contributed by atoms with Crippen LogP contribution in [0.3, 0.4) is 0 Å². The van der Waals surface area contributed by atoms with Crippen LogP contribution >= 0.6 is 11.6 Å². The number of carbonyl (C=O) groups is 2. The van der Waals surface area contributed by atoms with E-state index < -0.39 is 23.6 Å². The van der Waals surface area contributed by atoms with Gasteiger partial charge in [0.2, 0.25) is 0 Å². The maximum Gasteiger partial charge on any atom is 0.416 e. The highest BCUT2D eigenvalue weighted by Crippen LogP contribution is 2.30. The molecule has 0 saturated carbocycles. The minimum Gasteiger partial charge on any atom is -0.490 e. The minimum absolute atomic E-state index is 0.0140. The van der Waals surface area contributed by atoms with Crippen LogP contribution in [0.25, 0.3) is 0 Å². The summed E-state index contributed by atoms with van der Waals surface area (Å²) in [5, 5.41) is 4.81. The number of amides is 2. The van der Waals surface area contributed by atoms with Crippen molar-refractivity contribution < 1.29 is 27.5 Å². The maximum atomic E-state index is 12.6. The zero-order valence-corrected chi connectivity index (χ0v) is 14.0. The number of benzene rings is 2. The molecule has 2 aromatic carbocycles. The second kappa shape index (κ2) is 8.57. The summed E-state index contributed by atoms with van der Waals surface area (Å²) < 4.78 is 43.2. The van der Waals surface area contributed by atoms with Crippen molar-refractivity contribution in [3.63, 3.8) is 0 Å². The normalized spacial score (nSPS) is 10.9. The monoisotopic (exact) mass is 386 g/mol. The number of hydrogen-bond donors (Lipinski definition) is 2. The molecule has 9 heteroatoms. The number of alkyl halides is 3. The fourth-order valence-corrected chi connectivity index (χ4v) is 2.12. The molecule has 0 bridgehead atoms. The third-order valence-electron chi connectivity index (χ3n) is 3.14. The first kappa shape index (κ1) is 19.6. The molecule has 2 amide bonds. The second-order valence-corrected chi connectivity index (χ2v) is 5.47. The Bertz CT molecular complexity index is 797. The van der Waals surface area contributed by atoms with E-state index in [4.69, 9.17) is 16.3 Å². The number of hydrogen-bond acceptors (Lipinski definition) is 3. The zero-order valence-electron chi connectivity index (χ0n) is 13.3. The molecule has 0 aliphatic rings. The molecule has 0 atom stereocenters. The van der Waals surface area contributed by atoms with Crippen LogP contribution in [-0.4, -0.2) is 25.0 Å². The predicted molar refractivity (Wildman–Crippen MR) is 90.0 cm³/mol. The largest absolute Gasteiger partial charge is 0.490 e. The van der Waals surface area contributed by atoms with Crippen molar-refractivity contribution in [1.29, 1.82) is 0 Å². The van der Waals surface area contributed by atoms with Gasteiger partial charge in [0.1, 0.15) is 12.4 Å². The van der Waals surface area contributed by atoms with Gasteiger partial charge in [0, 0.05) is 5.69 Å². The fourth-order valence-electron chi connectivity index (χ4n) is 1.93. The molecule has 0 fully saturated rings. The molecular formula is C17H14ClF3N2O3. The van der Waals surface area contributed by atoms with E-state index in [1.54, 1.807) is 24.3 Å². The molecule has 0 aromatic heterocycles. The molecule has 2 N–H and O–H groups in total. The Hall–Kier alpha value is -2.74. The Balaban J connectivity index is 1.81. The van der Waals surface area contributed by atoms with E-state index in [2.05, 4.69) is 10.6 Å². The van der Waals surface area contributed by atoms with Crippen LogP contribution in [0.2, 0.25) is 5.02 Å². The summed E-state index contributed by atoms with van der Waals surface area (Å²) >= 11 is 5.89. The lowest BCUT2D eigenvalue weighted by atomic mass is 10.2. The molecule has 0 radical (unpaired) electrons. The van der Waals surface area contributed by atoms with Gasteiger partial charge in [-0.2, -0.15) is 13.2 Å². The minimum atomic E-state index is -4.54. The molecule has 0 unspecified atom stereocenters. The first-order valence-electron chi connectivity index (χ1n) is 7.41. The fraction of sp³-hybridized carbons (Fsp3) is 0.176. The summed E-state index contributed by atoms with van der Waals surface area (Å²) in [5.74, 6) is -1.65. The predicted octanol–water partition coefficient (Wildman–Crippen LogP) is 3.49. The Morgan fingerprint density at radius 1 is 1.04 bits per heavy atom. The molecule has 2 aromatic rings. The van der Waals surface area contributed by atoms with Gasteiger partial charge in [0.05, 0.1) is 17.1 Å². The van der Waals surface area contributed by atoms with Crippen molar-refractivity contribution in [2.24, 2.45) is 0 Å². The lowest BCUT2D eigenvalue weighted by Gasteiger charge is -2.10. The molecule has 0 heterocycles. The summed E-state index contributed by atoms with van der Waals surface area (Å²) in [5.41, 5.74) is -1.06. The lowest BCUT2D eigenvalue weighted by Crippen LogP contribution is -2.37. The Labute approximate surface area is 152 Å². The lowest BCUT2D eigenvalue weighted by molar-refractivity contribution is -0.137. The molecule has 0 aliphatic heterocycles. The molecule has 2 rings (SSSR count).